The number of anilines is 1. The van der Waals surface area contributed by atoms with Crippen LogP contribution in [0.5, 0.6) is 11.5 Å². The molecule has 0 fully saturated rings. The van der Waals surface area contributed by atoms with Crippen LogP contribution in [0, 0.1) is 20.8 Å². The van der Waals surface area contributed by atoms with E-state index >= 15 is 0 Å². The van der Waals surface area contributed by atoms with E-state index < -0.39 is 0 Å². The first-order valence-corrected chi connectivity index (χ1v) is 9.19. The van der Waals surface area contributed by atoms with Crippen molar-refractivity contribution in [3.8, 4) is 22.1 Å². The summed E-state index contributed by atoms with van der Waals surface area (Å²) in [6, 6.07) is 9.23. The first kappa shape index (κ1) is 18.8. The lowest BCUT2D eigenvalue weighted by atomic mass is 10.0. The fraction of sp³-hybridized carbons (Fsp3) is 0.250. The van der Waals surface area contributed by atoms with E-state index in [0.717, 1.165) is 21.7 Å². The summed E-state index contributed by atoms with van der Waals surface area (Å²) < 4.78 is 10.4. The summed E-state index contributed by atoms with van der Waals surface area (Å²) in [6.45, 7) is 6.18. The predicted molar refractivity (Wildman–Crippen MR) is 107 cm³/mol. The third-order valence-corrected chi connectivity index (χ3v) is 5.04. The average molecular weight is 383 g/mol. The molecule has 7 heteroatoms. The number of nitrogens with zero attached hydrogens (tertiary/aromatic N) is 2. The summed E-state index contributed by atoms with van der Waals surface area (Å²) in [4.78, 5) is 12.5. The monoisotopic (exact) mass is 383 g/mol. The highest BCUT2D eigenvalue weighted by atomic mass is 32.1. The lowest BCUT2D eigenvalue weighted by molar-refractivity contribution is 0.102. The molecule has 3 aromatic rings. The lowest BCUT2D eigenvalue weighted by Crippen LogP contribution is -2.11. The van der Waals surface area contributed by atoms with Crippen LogP contribution in [0.25, 0.3) is 10.6 Å². The van der Waals surface area contributed by atoms with Gasteiger partial charge in [-0.15, -0.1) is 10.2 Å². The van der Waals surface area contributed by atoms with Gasteiger partial charge in [-0.3, -0.25) is 10.1 Å². The molecule has 1 aromatic heterocycles. The van der Waals surface area contributed by atoms with E-state index in [0.29, 0.717) is 22.2 Å². The smallest absolute Gasteiger partial charge is 0.257 e. The second kappa shape index (κ2) is 7.75. The van der Waals surface area contributed by atoms with Gasteiger partial charge in [-0.05, 0) is 50.1 Å². The van der Waals surface area contributed by atoms with E-state index in [1.165, 1.54) is 24.0 Å². The average Bonchev–Trinajstić information content (AvgIpc) is 3.08. The summed E-state index contributed by atoms with van der Waals surface area (Å²) in [7, 11) is 3.08. The number of carbonyl (C=O) groups is 1. The van der Waals surface area contributed by atoms with Crippen molar-refractivity contribution in [2.45, 2.75) is 20.8 Å². The molecular formula is C20H21N3O3S. The highest BCUT2D eigenvalue weighted by Crippen LogP contribution is 2.33. The minimum Gasteiger partial charge on any atom is -0.493 e. The number of carbonyl (C=O) groups excluding carboxylic acids is 1. The molecule has 6 nitrogen and oxygen atoms in total. The lowest BCUT2D eigenvalue weighted by Gasteiger charge is -2.09. The second-order valence-corrected chi connectivity index (χ2v) is 7.19. The Hall–Kier alpha value is -2.93. The fourth-order valence-electron chi connectivity index (χ4n) is 3.04. The first-order chi connectivity index (χ1) is 12.9. The van der Waals surface area contributed by atoms with Gasteiger partial charge in [0.25, 0.3) is 5.91 Å². The number of ether oxygens (including phenoxy) is 2. The quantitative estimate of drug-likeness (QED) is 0.707. The fourth-order valence-corrected chi connectivity index (χ4v) is 3.95. The zero-order chi connectivity index (χ0) is 19.6. The number of nitrogens with one attached hydrogen (secondary N) is 1. The van der Waals surface area contributed by atoms with Crippen molar-refractivity contribution in [1.29, 1.82) is 0 Å². The van der Waals surface area contributed by atoms with Crippen LogP contribution >= 0.6 is 11.3 Å². The number of hydrogen-bond acceptors (Lipinski definition) is 6. The number of benzene rings is 2. The van der Waals surface area contributed by atoms with Gasteiger partial charge in [0.2, 0.25) is 5.13 Å². The molecule has 0 spiro atoms. The number of hydrogen-bond donors (Lipinski definition) is 1. The van der Waals surface area contributed by atoms with Crippen LogP contribution in [0.1, 0.15) is 27.0 Å². The van der Waals surface area contributed by atoms with Crippen LogP contribution in [0.3, 0.4) is 0 Å². The van der Waals surface area contributed by atoms with Crippen LogP contribution in [-0.2, 0) is 0 Å². The maximum atomic E-state index is 12.5. The van der Waals surface area contributed by atoms with Crippen LogP contribution in [0.4, 0.5) is 5.13 Å². The number of rotatable bonds is 5. The Morgan fingerprint density at radius 1 is 0.963 bits per heavy atom. The van der Waals surface area contributed by atoms with Gasteiger partial charge in [0, 0.05) is 11.1 Å². The first-order valence-electron chi connectivity index (χ1n) is 8.38. The van der Waals surface area contributed by atoms with Crippen molar-refractivity contribution >= 4 is 22.4 Å². The maximum Gasteiger partial charge on any atom is 0.257 e. The zero-order valence-corrected chi connectivity index (χ0v) is 16.7. The highest BCUT2D eigenvalue weighted by molar-refractivity contribution is 7.18. The number of amides is 1. The predicted octanol–water partition coefficient (Wildman–Crippen LogP) is 4.40. The molecule has 0 radical (unpaired) electrons. The molecule has 2 aromatic carbocycles. The van der Waals surface area contributed by atoms with Crippen LogP contribution in [-0.4, -0.2) is 30.3 Å². The van der Waals surface area contributed by atoms with Crippen LogP contribution in [0.2, 0.25) is 0 Å². The molecular weight excluding hydrogens is 362 g/mol. The highest BCUT2D eigenvalue weighted by Gasteiger charge is 2.16. The second-order valence-electron chi connectivity index (χ2n) is 6.21. The molecule has 3 rings (SSSR count). The zero-order valence-electron chi connectivity index (χ0n) is 15.9. The molecule has 0 atom stereocenters. The van der Waals surface area contributed by atoms with Crippen LogP contribution in [0.15, 0.2) is 30.3 Å². The van der Waals surface area contributed by atoms with Gasteiger partial charge in [-0.2, -0.15) is 0 Å². The number of aryl methyl sites for hydroxylation is 3. The van der Waals surface area contributed by atoms with Gasteiger partial charge in [0.1, 0.15) is 5.01 Å². The Bertz CT molecular complexity index is 975. The Labute approximate surface area is 162 Å². The van der Waals surface area contributed by atoms with E-state index in [-0.39, 0.29) is 5.91 Å². The Morgan fingerprint density at radius 2 is 1.63 bits per heavy atom. The van der Waals surface area contributed by atoms with Gasteiger partial charge in [0.05, 0.1) is 14.2 Å². The van der Waals surface area contributed by atoms with Gasteiger partial charge in [0.15, 0.2) is 11.5 Å². The molecule has 1 amide bonds. The third-order valence-electron chi connectivity index (χ3n) is 4.18. The largest absolute Gasteiger partial charge is 0.493 e. The van der Waals surface area contributed by atoms with Crippen molar-refractivity contribution in [3.05, 3.63) is 52.6 Å². The molecule has 140 valence electrons. The number of aromatic nitrogens is 2. The summed E-state index contributed by atoms with van der Waals surface area (Å²) in [5, 5.41) is 12.4. The van der Waals surface area contributed by atoms with E-state index in [1.54, 1.807) is 25.3 Å². The molecule has 0 bridgehead atoms. The van der Waals surface area contributed by atoms with E-state index in [9.17, 15) is 4.79 Å². The van der Waals surface area contributed by atoms with Crippen molar-refractivity contribution < 1.29 is 14.3 Å². The normalized spacial score (nSPS) is 10.6. The van der Waals surface area contributed by atoms with Gasteiger partial charge in [-0.1, -0.05) is 29.0 Å². The maximum absolute atomic E-state index is 12.5. The minimum atomic E-state index is -0.281. The summed E-state index contributed by atoms with van der Waals surface area (Å²) in [5.41, 5.74) is 5.00. The number of methoxy groups -OCH3 is 2. The molecule has 0 aliphatic rings. The molecule has 0 saturated heterocycles. The Kier molecular flexibility index (Phi) is 5.41. The molecule has 0 unspecified atom stereocenters. The van der Waals surface area contributed by atoms with Crippen molar-refractivity contribution in [2.24, 2.45) is 0 Å². The van der Waals surface area contributed by atoms with E-state index in [4.69, 9.17) is 9.47 Å². The third kappa shape index (κ3) is 3.93. The summed E-state index contributed by atoms with van der Waals surface area (Å²) in [6.07, 6.45) is 0. The van der Waals surface area contributed by atoms with Crippen molar-refractivity contribution in [3.63, 3.8) is 0 Å². The molecule has 0 aliphatic heterocycles. The van der Waals surface area contributed by atoms with Gasteiger partial charge in [-0.25, -0.2) is 0 Å². The standard InChI is InChI=1S/C20H21N3O3S/c1-11-8-12(2)17(13(3)9-11)19-22-23-20(27-19)21-18(24)14-6-7-15(25-4)16(10-14)26-5/h6-10H,1-5H3,(H,21,23,24). The molecule has 0 aliphatic carbocycles. The molecule has 0 saturated carbocycles. The minimum absolute atomic E-state index is 0.281. The Morgan fingerprint density at radius 3 is 2.26 bits per heavy atom. The Balaban J connectivity index is 1.83. The molecule has 27 heavy (non-hydrogen) atoms. The van der Waals surface area contributed by atoms with Crippen molar-refractivity contribution in [2.75, 3.05) is 19.5 Å². The SMILES string of the molecule is COc1ccc(C(=O)Nc2nnc(-c3c(C)cc(C)cc3C)s2)cc1OC. The molecule has 1 N–H and O–H groups in total. The van der Waals surface area contributed by atoms with Gasteiger partial charge >= 0.3 is 0 Å². The van der Waals surface area contributed by atoms with E-state index in [1.807, 2.05) is 0 Å². The van der Waals surface area contributed by atoms with Gasteiger partial charge < -0.3 is 9.47 Å². The summed E-state index contributed by atoms with van der Waals surface area (Å²) in [5.74, 6) is 0.780. The van der Waals surface area contributed by atoms with Crippen molar-refractivity contribution in [1.82, 2.24) is 10.2 Å². The summed E-state index contributed by atoms with van der Waals surface area (Å²) >= 11 is 1.35. The molecule has 1 heterocycles. The van der Waals surface area contributed by atoms with Crippen LogP contribution < -0.4 is 14.8 Å². The topological polar surface area (TPSA) is 73.3 Å². The van der Waals surface area contributed by atoms with E-state index in [2.05, 4.69) is 48.4 Å².